The lowest BCUT2D eigenvalue weighted by molar-refractivity contribution is 0.101. The average molecular weight is 1100 g/mol. The first-order valence-electron chi connectivity index (χ1n) is 24.9. The lowest BCUT2D eigenvalue weighted by atomic mass is 10.0. The molecule has 402 valence electrons. The molecule has 7 aromatic carbocycles. The van der Waals surface area contributed by atoms with Crippen LogP contribution in [-0.4, -0.2) is 104 Å². The second-order valence-electron chi connectivity index (χ2n) is 17.4. The number of rotatable bonds is 19. The first-order chi connectivity index (χ1) is 39.7. The van der Waals surface area contributed by atoms with E-state index in [-0.39, 0.29) is 64.5 Å². The largest absolute Gasteiger partial charge is 0.422 e. The van der Waals surface area contributed by atoms with Crippen molar-refractivity contribution < 1.29 is 34.8 Å². The number of nitrogens with one attached hydrogen (secondary N) is 6. The molecule has 1 aliphatic heterocycles. The van der Waals surface area contributed by atoms with Gasteiger partial charge >= 0.3 is 6.01 Å². The minimum Gasteiger partial charge on any atom is -0.422 e. The van der Waals surface area contributed by atoms with Crippen LogP contribution in [0.4, 0.5) is 52.8 Å². The molecule has 0 saturated heterocycles. The van der Waals surface area contributed by atoms with Gasteiger partial charge in [-0.3, -0.25) is 20.2 Å². The van der Waals surface area contributed by atoms with Crippen molar-refractivity contribution in [3.63, 3.8) is 0 Å². The summed E-state index contributed by atoms with van der Waals surface area (Å²) in [5.74, 6) is -0.864. The van der Waals surface area contributed by atoms with Gasteiger partial charge < -0.3 is 51.3 Å². The molecule has 4 heterocycles. The van der Waals surface area contributed by atoms with Gasteiger partial charge in [0.15, 0.2) is 17.4 Å². The van der Waals surface area contributed by atoms with Gasteiger partial charge in [0.25, 0.3) is 11.8 Å². The molecule has 0 unspecified atom stereocenters. The van der Waals surface area contributed by atoms with Crippen LogP contribution in [-0.2, 0) is 0 Å². The predicted octanol–water partition coefficient (Wildman–Crippen LogP) is 8.59. The van der Waals surface area contributed by atoms with Crippen molar-refractivity contribution in [3.8, 4) is 56.8 Å². The van der Waals surface area contributed by atoms with Crippen molar-refractivity contribution in [1.29, 1.82) is 0 Å². The van der Waals surface area contributed by atoms with Gasteiger partial charge in [-0.1, -0.05) is 121 Å². The number of nitrogens with zero attached hydrogens (tertiary/aromatic N) is 10. The topological polar surface area (TPSA) is 316 Å². The number of amides is 2. The van der Waals surface area contributed by atoms with E-state index in [4.69, 9.17) is 19.7 Å². The summed E-state index contributed by atoms with van der Waals surface area (Å²) in [7, 11) is 0. The summed E-state index contributed by atoms with van der Waals surface area (Å²) < 4.78 is 6.81. The highest BCUT2D eigenvalue weighted by Gasteiger charge is 2.29. The molecular formula is C57H46N16O7S. The molecule has 0 atom stereocenters. The van der Waals surface area contributed by atoms with E-state index in [0.717, 1.165) is 43.4 Å². The highest BCUT2D eigenvalue weighted by atomic mass is 32.2. The van der Waals surface area contributed by atoms with Crippen LogP contribution >= 0.6 is 11.8 Å². The summed E-state index contributed by atoms with van der Waals surface area (Å²) in [6, 6.07) is 53.7. The Morgan fingerprint density at radius 1 is 0.395 bits per heavy atom. The third kappa shape index (κ3) is 12.0. The lowest BCUT2D eigenvalue weighted by Gasteiger charge is -2.34. The van der Waals surface area contributed by atoms with Gasteiger partial charge in [0.1, 0.15) is 26.9 Å². The molecule has 10 N–H and O–H groups in total. The van der Waals surface area contributed by atoms with E-state index in [0.29, 0.717) is 22.6 Å². The van der Waals surface area contributed by atoms with E-state index in [1.54, 1.807) is 60.3 Å². The Labute approximate surface area is 465 Å². The Hall–Kier alpha value is -10.5. The normalized spacial score (nSPS) is 11.4. The molecule has 0 saturated carbocycles. The van der Waals surface area contributed by atoms with Crippen LogP contribution in [0, 0.1) is 0 Å². The maximum Gasteiger partial charge on any atom is 0.326 e. The predicted molar refractivity (Wildman–Crippen MR) is 305 cm³/mol. The molecule has 0 radical (unpaired) electrons. The molecule has 0 aliphatic carbocycles. The second-order valence-corrected chi connectivity index (χ2v) is 18.5. The van der Waals surface area contributed by atoms with Crippen LogP contribution in [0.5, 0.6) is 11.8 Å². The van der Waals surface area contributed by atoms with Gasteiger partial charge in [-0.15, -0.1) is 0 Å². The Balaban J connectivity index is 0.956. The van der Waals surface area contributed by atoms with Crippen molar-refractivity contribution in [3.05, 3.63) is 181 Å². The number of aromatic nitrogens is 9. The number of carbonyl (C=O) groups excluding carboxylic acids is 2. The number of anilines is 9. The third-order valence-corrected chi connectivity index (χ3v) is 13.3. The Kier molecular flexibility index (Phi) is 15.6. The molecule has 81 heavy (non-hydrogen) atoms. The third-order valence-electron chi connectivity index (χ3n) is 12.2. The Morgan fingerprint density at radius 2 is 0.778 bits per heavy atom. The standard InChI is InChI=1S/C57H46N16O7S/c74-29-58-51-67-52(59-30-75)70-55(69-51)65-49(78)37-19-15-35(16-20-37)47-62-48(36-17-21-38(22-18-36)50(79)66-56-71-53(60-31-76)68-54(72-56)61-32-77)64-57(63-47)80-44-14-8-7-13-41(44)73-42-25-23-39(33-9-3-1-4-10-33)27-45(42)81-46-28-40(24-26-43(46)73)34-11-5-2-6-12-34/h1-28,74-77H,29-32H2,(H3,58,59,65,67,69,70,78)(H3,60,61,66,68,71,72,79). The first-order valence-corrected chi connectivity index (χ1v) is 25.7. The van der Waals surface area contributed by atoms with Crippen LogP contribution in [0.1, 0.15) is 20.7 Å². The maximum atomic E-state index is 13.6. The minimum absolute atomic E-state index is 0.0467. The molecule has 10 aromatic rings. The molecule has 3 aromatic heterocycles. The zero-order valence-corrected chi connectivity index (χ0v) is 43.2. The second kappa shape index (κ2) is 24.0. The van der Waals surface area contributed by atoms with E-state index >= 15 is 0 Å². The molecule has 1 aliphatic rings. The van der Waals surface area contributed by atoms with Crippen LogP contribution < -0.4 is 41.5 Å². The van der Waals surface area contributed by atoms with Gasteiger partial charge in [0.05, 0.1) is 17.1 Å². The van der Waals surface area contributed by atoms with Crippen LogP contribution in [0.15, 0.2) is 180 Å². The first kappa shape index (κ1) is 52.5. The molecular weight excluding hydrogens is 1050 g/mol. The van der Waals surface area contributed by atoms with Crippen molar-refractivity contribution in [2.24, 2.45) is 0 Å². The van der Waals surface area contributed by atoms with Gasteiger partial charge in [0, 0.05) is 32.0 Å². The summed E-state index contributed by atoms with van der Waals surface area (Å²) in [5.41, 5.74) is 8.27. The average Bonchev–Trinajstić information content (AvgIpc) is 3.49. The maximum absolute atomic E-state index is 13.6. The number of hydrogen-bond donors (Lipinski definition) is 10. The highest BCUT2D eigenvalue weighted by molar-refractivity contribution is 7.99. The fourth-order valence-electron chi connectivity index (χ4n) is 8.53. The summed E-state index contributed by atoms with van der Waals surface area (Å²) in [6.07, 6.45) is 0. The molecule has 0 fully saturated rings. The smallest absolute Gasteiger partial charge is 0.326 e. The molecule has 11 rings (SSSR count). The zero-order valence-electron chi connectivity index (χ0n) is 42.4. The summed E-state index contributed by atoms with van der Waals surface area (Å²) in [6.45, 7) is -1.97. The van der Waals surface area contributed by atoms with Gasteiger partial charge in [-0.2, -0.15) is 39.9 Å². The highest BCUT2D eigenvalue weighted by Crippen LogP contribution is 2.55. The van der Waals surface area contributed by atoms with Crippen molar-refractivity contribution >= 4 is 76.3 Å². The minimum atomic E-state index is -0.578. The molecule has 24 heteroatoms. The number of aliphatic hydroxyl groups is 4. The van der Waals surface area contributed by atoms with E-state index < -0.39 is 38.7 Å². The zero-order chi connectivity index (χ0) is 55.7. The summed E-state index contributed by atoms with van der Waals surface area (Å²) in [5, 5.41) is 52.9. The Morgan fingerprint density at radius 3 is 1.20 bits per heavy atom. The van der Waals surface area contributed by atoms with E-state index in [1.165, 1.54) is 0 Å². The monoisotopic (exact) mass is 1100 g/mol. The molecule has 2 amide bonds. The van der Waals surface area contributed by atoms with Crippen LogP contribution in [0.2, 0.25) is 0 Å². The molecule has 0 bridgehead atoms. The van der Waals surface area contributed by atoms with E-state index in [9.17, 15) is 30.0 Å². The fraction of sp³-hybridized carbons (Fsp3) is 0.0702. The summed E-state index contributed by atoms with van der Waals surface area (Å²) >= 11 is 1.70. The van der Waals surface area contributed by atoms with Crippen LogP contribution in [0.3, 0.4) is 0 Å². The number of ether oxygens (including phenoxy) is 1. The number of hydrogen-bond acceptors (Lipinski definition) is 22. The van der Waals surface area contributed by atoms with Crippen molar-refractivity contribution in [2.75, 3.05) is 63.7 Å². The molecule has 0 spiro atoms. The van der Waals surface area contributed by atoms with Gasteiger partial charge in [-0.25, -0.2) is 4.98 Å². The van der Waals surface area contributed by atoms with Crippen molar-refractivity contribution in [1.82, 2.24) is 44.9 Å². The number of aliphatic hydroxyl groups excluding tert-OH is 4. The number of carbonyl (C=O) groups is 2. The van der Waals surface area contributed by atoms with Gasteiger partial charge in [0.2, 0.25) is 35.7 Å². The number of benzene rings is 7. The van der Waals surface area contributed by atoms with Crippen LogP contribution in [0.25, 0.3) is 45.0 Å². The number of para-hydroxylation sites is 2. The fourth-order valence-corrected chi connectivity index (χ4v) is 9.66. The Bertz CT molecular complexity index is 3640. The number of fused-ring (bicyclic) bond motifs is 2. The quantitative estimate of drug-likeness (QED) is 0.0339. The van der Waals surface area contributed by atoms with Gasteiger partial charge in [-0.05, 0) is 82.9 Å². The SMILES string of the molecule is O=C(Nc1nc(NCO)nc(NCO)n1)c1ccc(-c2nc(Oc3ccccc3N3c4ccc(-c5ccccc5)cc4Sc4cc(-c5ccccc5)ccc43)nc(-c3ccc(C(=O)Nc4nc(NCO)nc(NCO)n4)cc3)n2)cc1. The van der Waals surface area contributed by atoms with E-state index in [2.05, 4.69) is 127 Å². The van der Waals surface area contributed by atoms with Crippen molar-refractivity contribution in [2.45, 2.75) is 9.79 Å². The summed E-state index contributed by atoms with van der Waals surface area (Å²) in [4.78, 5) is 70.4. The van der Waals surface area contributed by atoms with E-state index in [1.807, 2.05) is 60.7 Å². The molecule has 23 nitrogen and oxygen atoms in total. The lowest BCUT2D eigenvalue weighted by Crippen LogP contribution is -2.17.